The molecule has 0 spiro atoms. The fourth-order valence-electron chi connectivity index (χ4n) is 2.30. The highest BCUT2D eigenvalue weighted by Crippen LogP contribution is 2.20. The van der Waals surface area contributed by atoms with Crippen molar-refractivity contribution in [1.82, 2.24) is 4.98 Å². The maximum absolute atomic E-state index is 5.78. The van der Waals surface area contributed by atoms with E-state index in [9.17, 15) is 0 Å². The van der Waals surface area contributed by atoms with Crippen LogP contribution in [-0.2, 0) is 6.54 Å². The number of nitrogens with one attached hydrogen (secondary N) is 1. The highest BCUT2D eigenvalue weighted by atomic mass is 15.0. The molecular weight excluding hydrogens is 246 g/mol. The Morgan fingerprint density at radius 1 is 1.10 bits per heavy atom. The molecule has 0 unspecified atom stereocenters. The number of benzene rings is 2. The Morgan fingerprint density at radius 2 is 1.90 bits per heavy atom. The van der Waals surface area contributed by atoms with Crippen molar-refractivity contribution in [2.24, 2.45) is 0 Å². The fraction of sp³-hybridized carbons (Fsp3) is 0.118. The van der Waals surface area contributed by atoms with Crippen LogP contribution >= 0.6 is 0 Å². The first kappa shape index (κ1) is 12.5. The van der Waals surface area contributed by atoms with E-state index in [2.05, 4.69) is 52.8 Å². The lowest BCUT2D eigenvalue weighted by atomic mass is 10.0. The van der Waals surface area contributed by atoms with Crippen molar-refractivity contribution in [2.75, 3.05) is 11.1 Å². The van der Waals surface area contributed by atoms with Gasteiger partial charge in [0.25, 0.3) is 0 Å². The van der Waals surface area contributed by atoms with Crippen LogP contribution in [-0.4, -0.2) is 4.98 Å². The number of hydrogen-bond donors (Lipinski definition) is 2. The molecule has 0 aliphatic rings. The van der Waals surface area contributed by atoms with Gasteiger partial charge >= 0.3 is 0 Å². The van der Waals surface area contributed by atoms with E-state index in [1.54, 1.807) is 6.20 Å². The number of nitrogens with zero attached hydrogens (tertiary/aromatic N) is 1. The second-order valence-electron chi connectivity index (χ2n) is 4.92. The molecule has 1 aromatic heterocycles. The van der Waals surface area contributed by atoms with E-state index in [-0.39, 0.29) is 0 Å². The lowest BCUT2D eigenvalue weighted by Crippen LogP contribution is -2.03. The molecule has 3 nitrogen and oxygen atoms in total. The molecule has 3 N–H and O–H groups in total. The number of aromatic nitrogens is 1. The fourth-order valence-corrected chi connectivity index (χ4v) is 2.30. The van der Waals surface area contributed by atoms with Gasteiger partial charge in [0, 0.05) is 6.54 Å². The van der Waals surface area contributed by atoms with Crippen molar-refractivity contribution in [3.05, 3.63) is 65.9 Å². The van der Waals surface area contributed by atoms with Gasteiger partial charge in [-0.2, -0.15) is 0 Å². The Morgan fingerprint density at radius 3 is 2.75 bits per heavy atom. The van der Waals surface area contributed by atoms with Crippen LogP contribution in [0.4, 0.5) is 11.5 Å². The zero-order valence-corrected chi connectivity index (χ0v) is 11.4. The summed E-state index contributed by atoms with van der Waals surface area (Å²) < 4.78 is 0. The van der Waals surface area contributed by atoms with E-state index in [1.165, 1.54) is 16.3 Å². The third kappa shape index (κ3) is 2.43. The van der Waals surface area contributed by atoms with Gasteiger partial charge in [-0.1, -0.05) is 42.5 Å². The maximum atomic E-state index is 5.78. The van der Waals surface area contributed by atoms with Gasteiger partial charge in [0.1, 0.15) is 5.82 Å². The van der Waals surface area contributed by atoms with E-state index in [1.807, 2.05) is 13.0 Å². The van der Waals surface area contributed by atoms with E-state index in [4.69, 9.17) is 5.73 Å². The van der Waals surface area contributed by atoms with Crippen LogP contribution in [0.25, 0.3) is 10.8 Å². The quantitative estimate of drug-likeness (QED) is 0.757. The lowest BCUT2D eigenvalue weighted by Gasteiger charge is -2.10. The first-order valence-electron chi connectivity index (χ1n) is 6.66. The Balaban J connectivity index is 1.85. The summed E-state index contributed by atoms with van der Waals surface area (Å²) in [6.45, 7) is 2.73. The molecule has 0 saturated heterocycles. The molecule has 3 heteroatoms. The molecule has 0 fully saturated rings. The number of hydrogen-bond acceptors (Lipinski definition) is 3. The molecule has 0 bridgehead atoms. The van der Waals surface area contributed by atoms with Crippen molar-refractivity contribution in [1.29, 1.82) is 0 Å². The van der Waals surface area contributed by atoms with E-state index in [0.717, 1.165) is 23.6 Å². The first-order chi connectivity index (χ1) is 9.74. The van der Waals surface area contributed by atoms with Gasteiger partial charge in [0.15, 0.2) is 0 Å². The Kier molecular flexibility index (Phi) is 3.25. The standard InChI is InChI=1S/C17H17N3/c1-12-9-17(20-11-16(12)18)19-10-14-7-4-6-13-5-2-3-8-15(13)14/h2-9,11H,10,18H2,1H3,(H,19,20). The lowest BCUT2D eigenvalue weighted by molar-refractivity contribution is 1.12. The molecule has 3 aromatic rings. The average molecular weight is 263 g/mol. The molecule has 0 atom stereocenters. The Hall–Kier alpha value is -2.55. The molecule has 2 aromatic carbocycles. The molecule has 0 amide bonds. The molecule has 3 rings (SSSR count). The number of rotatable bonds is 3. The van der Waals surface area contributed by atoms with Crippen LogP contribution < -0.4 is 11.1 Å². The second kappa shape index (κ2) is 5.21. The van der Waals surface area contributed by atoms with Crippen LogP contribution in [0.1, 0.15) is 11.1 Å². The van der Waals surface area contributed by atoms with Crippen LogP contribution in [0, 0.1) is 6.92 Å². The van der Waals surface area contributed by atoms with Gasteiger partial charge in [-0.15, -0.1) is 0 Å². The maximum Gasteiger partial charge on any atom is 0.126 e. The van der Waals surface area contributed by atoms with Crippen molar-refractivity contribution in [2.45, 2.75) is 13.5 Å². The van der Waals surface area contributed by atoms with E-state index >= 15 is 0 Å². The summed E-state index contributed by atoms with van der Waals surface area (Å²) in [5.74, 6) is 0.852. The summed E-state index contributed by atoms with van der Waals surface area (Å²) in [4.78, 5) is 4.30. The first-order valence-corrected chi connectivity index (χ1v) is 6.66. The van der Waals surface area contributed by atoms with Gasteiger partial charge < -0.3 is 11.1 Å². The summed E-state index contributed by atoms with van der Waals surface area (Å²) in [6, 6.07) is 16.7. The van der Waals surface area contributed by atoms with Gasteiger partial charge in [-0.25, -0.2) is 4.98 Å². The second-order valence-corrected chi connectivity index (χ2v) is 4.92. The summed E-state index contributed by atoms with van der Waals surface area (Å²) in [6.07, 6.45) is 1.70. The van der Waals surface area contributed by atoms with E-state index < -0.39 is 0 Å². The average Bonchev–Trinajstić information content (AvgIpc) is 2.48. The molecule has 20 heavy (non-hydrogen) atoms. The van der Waals surface area contributed by atoms with Crippen molar-refractivity contribution in [3.8, 4) is 0 Å². The summed E-state index contributed by atoms with van der Waals surface area (Å²) in [5.41, 5.74) is 8.81. The summed E-state index contributed by atoms with van der Waals surface area (Å²) in [7, 11) is 0. The molecule has 0 aliphatic carbocycles. The largest absolute Gasteiger partial charge is 0.397 e. The predicted molar refractivity (Wildman–Crippen MR) is 84.7 cm³/mol. The minimum atomic E-state index is 0.723. The Bertz CT molecular complexity index is 745. The highest BCUT2D eigenvalue weighted by molar-refractivity contribution is 5.85. The smallest absolute Gasteiger partial charge is 0.126 e. The number of pyridine rings is 1. The Labute approximate surface area is 118 Å². The predicted octanol–water partition coefficient (Wildman–Crippen LogP) is 3.74. The summed E-state index contributed by atoms with van der Waals surface area (Å²) >= 11 is 0. The van der Waals surface area contributed by atoms with Gasteiger partial charge in [-0.3, -0.25) is 0 Å². The van der Waals surface area contributed by atoms with Crippen molar-refractivity contribution < 1.29 is 0 Å². The third-order valence-corrected chi connectivity index (χ3v) is 3.49. The normalized spacial score (nSPS) is 10.7. The van der Waals surface area contributed by atoms with E-state index in [0.29, 0.717) is 0 Å². The topological polar surface area (TPSA) is 50.9 Å². The number of anilines is 2. The number of aryl methyl sites for hydroxylation is 1. The van der Waals surface area contributed by atoms with Crippen molar-refractivity contribution in [3.63, 3.8) is 0 Å². The molecule has 100 valence electrons. The highest BCUT2D eigenvalue weighted by Gasteiger charge is 2.02. The molecular formula is C17H17N3. The summed E-state index contributed by atoms with van der Waals surface area (Å²) in [5, 5.41) is 5.88. The molecule has 0 saturated carbocycles. The minimum absolute atomic E-state index is 0.723. The van der Waals surface area contributed by atoms with Gasteiger partial charge in [-0.05, 0) is 34.9 Å². The van der Waals surface area contributed by atoms with Crippen LogP contribution in [0.3, 0.4) is 0 Å². The van der Waals surface area contributed by atoms with Crippen molar-refractivity contribution >= 4 is 22.3 Å². The third-order valence-electron chi connectivity index (χ3n) is 3.49. The van der Waals surface area contributed by atoms with Crippen LogP contribution in [0.5, 0.6) is 0 Å². The monoisotopic (exact) mass is 263 g/mol. The van der Waals surface area contributed by atoms with Gasteiger partial charge in [0.2, 0.25) is 0 Å². The number of nitrogens with two attached hydrogens (primary N) is 1. The molecule has 1 heterocycles. The number of nitrogen functional groups attached to an aromatic ring is 1. The zero-order valence-electron chi connectivity index (χ0n) is 11.4. The molecule has 0 aliphatic heterocycles. The van der Waals surface area contributed by atoms with Crippen LogP contribution in [0.15, 0.2) is 54.7 Å². The minimum Gasteiger partial charge on any atom is -0.397 e. The number of fused-ring (bicyclic) bond motifs is 1. The van der Waals surface area contributed by atoms with Gasteiger partial charge in [0.05, 0.1) is 11.9 Å². The molecule has 0 radical (unpaired) electrons. The van der Waals surface area contributed by atoms with Crippen LogP contribution in [0.2, 0.25) is 0 Å². The SMILES string of the molecule is Cc1cc(NCc2cccc3ccccc23)ncc1N. The zero-order chi connectivity index (χ0) is 13.9.